The Morgan fingerprint density at radius 1 is 1.25 bits per heavy atom. The fourth-order valence-corrected chi connectivity index (χ4v) is 2.57. The number of aromatic nitrogens is 3. The molecule has 1 aliphatic carbocycles. The molecule has 0 aliphatic heterocycles. The molecule has 1 fully saturated rings. The number of amides is 1. The van der Waals surface area contributed by atoms with Gasteiger partial charge in [-0.3, -0.25) is 4.79 Å². The molecule has 0 unspecified atom stereocenters. The van der Waals surface area contributed by atoms with Crippen LogP contribution in [0, 0.1) is 19.8 Å². The van der Waals surface area contributed by atoms with Gasteiger partial charge in [-0.2, -0.15) is 0 Å². The summed E-state index contributed by atoms with van der Waals surface area (Å²) in [5, 5.41) is 11.2. The van der Waals surface area contributed by atoms with E-state index in [9.17, 15) is 4.79 Å². The Morgan fingerprint density at radius 3 is 2.55 bits per heavy atom. The third kappa shape index (κ3) is 2.19. The standard InChI is InChI=1S/C15H18N4O/c1-10-11(2)19(18-17-10)14-9-8-13(14)15(20)16-12-6-4-3-5-7-12/h3-7,13-14H,8-9H2,1-2H3,(H,16,20)/t13-,14-/m0/s1. The van der Waals surface area contributed by atoms with Crippen LogP contribution in [0.1, 0.15) is 30.3 Å². The molecule has 20 heavy (non-hydrogen) atoms. The summed E-state index contributed by atoms with van der Waals surface area (Å²) < 4.78 is 1.90. The summed E-state index contributed by atoms with van der Waals surface area (Å²) in [5.41, 5.74) is 2.82. The van der Waals surface area contributed by atoms with Gasteiger partial charge in [0, 0.05) is 5.69 Å². The molecule has 0 spiro atoms. The van der Waals surface area contributed by atoms with Gasteiger partial charge in [-0.1, -0.05) is 23.4 Å². The van der Waals surface area contributed by atoms with Crippen molar-refractivity contribution in [2.45, 2.75) is 32.7 Å². The van der Waals surface area contributed by atoms with Crippen LogP contribution in [-0.2, 0) is 4.79 Å². The van der Waals surface area contributed by atoms with E-state index in [0.29, 0.717) is 0 Å². The number of nitrogens with one attached hydrogen (secondary N) is 1. The van der Waals surface area contributed by atoms with Crippen molar-refractivity contribution in [3.8, 4) is 0 Å². The average molecular weight is 270 g/mol. The lowest BCUT2D eigenvalue weighted by Gasteiger charge is -2.35. The second-order valence-corrected chi connectivity index (χ2v) is 5.31. The number of hydrogen-bond acceptors (Lipinski definition) is 3. The lowest BCUT2D eigenvalue weighted by atomic mass is 9.78. The van der Waals surface area contributed by atoms with Gasteiger partial charge in [-0.05, 0) is 38.8 Å². The summed E-state index contributed by atoms with van der Waals surface area (Å²) in [5.74, 6) is 0.0509. The van der Waals surface area contributed by atoms with E-state index >= 15 is 0 Å². The minimum Gasteiger partial charge on any atom is -0.326 e. The number of carbonyl (C=O) groups is 1. The van der Waals surface area contributed by atoms with Crippen molar-refractivity contribution in [3.05, 3.63) is 41.7 Å². The van der Waals surface area contributed by atoms with Crippen molar-refractivity contribution in [3.63, 3.8) is 0 Å². The predicted octanol–water partition coefficient (Wildman–Crippen LogP) is 2.48. The van der Waals surface area contributed by atoms with Crippen LogP contribution >= 0.6 is 0 Å². The van der Waals surface area contributed by atoms with E-state index in [0.717, 1.165) is 29.9 Å². The lowest BCUT2D eigenvalue weighted by molar-refractivity contribution is -0.124. The number of hydrogen-bond donors (Lipinski definition) is 1. The maximum Gasteiger partial charge on any atom is 0.229 e. The fourth-order valence-electron chi connectivity index (χ4n) is 2.57. The van der Waals surface area contributed by atoms with Crippen molar-refractivity contribution in [2.24, 2.45) is 5.92 Å². The van der Waals surface area contributed by atoms with Gasteiger partial charge in [0.1, 0.15) is 0 Å². The minimum absolute atomic E-state index is 0.0185. The molecule has 1 saturated carbocycles. The van der Waals surface area contributed by atoms with E-state index < -0.39 is 0 Å². The SMILES string of the molecule is Cc1nnn([C@H]2CC[C@@H]2C(=O)Nc2ccccc2)c1C. The van der Waals surface area contributed by atoms with Gasteiger partial charge in [-0.15, -0.1) is 5.10 Å². The van der Waals surface area contributed by atoms with Crippen LogP contribution in [0.4, 0.5) is 5.69 Å². The molecule has 1 heterocycles. The smallest absolute Gasteiger partial charge is 0.229 e. The van der Waals surface area contributed by atoms with Gasteiger partial charge in [0.15, 0.2) is 0 Å². The van der Waals surface area contributed by atoms with Crippen LogP contribution in [0.25, 0.3) is 0 Å². The van der Waals surface area contributed by atoms with E-state index in [2.05, 4.69) is 15.6 Å². The van der Waals surface area contributed by atoms with Crippen molar-refractivity contribution >= 4 is 11.6 Å². The maximum absolute atomic E-state index is 12.3. The second-order valence-electron chi connectivity index (χ2n) is 5.31. The highest BCUT2D eigenvalue weighted by Crippen LogP contribution is 2.39. The molecule has 1 amide bonds. The molecule has 1 aromatic carbocycles. The van der Waals surface area contributed by atoms with Gasteiger partial charge < -0.3 is 5.32 Å². The Kier molecular flexibility index (Phi) is 3.26. The highest BCUT2D eigenvalue weighted by Gasteiger charge is 2.39. The quantitative estimate of drug-likeness (QED) is 0.932. The molecular formula is C15H18N4O. The predicted molar refractivity (Wildman–Crippen MR) is 76.3 cm³/mol. The Bertz CT molecular complexity index is 620. The zero-order valence-corrected chi connectivity index (χ0v) is 11.7. The zero-order chi connectivity index (χ0) is 14.1. The van der Waals surface area contributed by atoms with Crippen molar-refractivity contribution in [2.75, 3.05) is 5.32 Å². The normalized spacial score (nSPS) is 21.3. The molecule has 0 radical (unpaired) electrons. The van der Waals surface area contributed by atoms with Gasteiger partial charge >= 0.3 is 0 Å². The highest BCUT2D eigenvalue weighted by atomic mass is 16.2. The Hall–Kier alpha value is -2.17. The van der Waals surface area contributed by atoms with E-state index in [1.165, 1.54) is 0 Å². The van der Waals surface area contributed by atoms with Crippen LogP contribution in [-0.4, -0.2) is 20.9 Å². The van der Waals surface area contributed by atoms with Crippen LogP contribution < -0.4 is 5.32 Å². The van der Waals surface area contributed by atoms with E-state index in [4.69, 9.17) is 0 Å². The molecule has 1 aliphatic rings. The largest absolute Gasteiger partial charge is 0.326 e. The number of aryl methyl sites for hydroxylation is 1. The lowest BCUT2D eigenvalue weighted by Crippen LogP contribution is -2.39. The van der Waals surface area contributed by atoms with Crippen LogP contribution in [0.15, 0.2) is 30.3 Å². The van der Waals surface area contributed by atoms with Crippen LogP contribution in [0.2, 0.25) is 0 Å². The summed E-state index contributed by atoms with van der Waals surface area (Å²) in [7, 11) is 0. The number of nitrogens with zero attached hydrogens (tertiary/aromatic N) is 3. The van der Waals surface area contributed by atoms with Crippen molar-refractivity contribution in [1.29, 1.82) is 0 Å². The Balaban J connectivity index is 1.72. The van der Waals surface area contributed by atoms with Crippen molar-refractivity contribution in [1.82, 2.24) is 15.0 Å². The summed E-state index contributed by atoms with van der Waals surface area (Å²) >= 11 is 0. The van der Waals surface area contributed by atoms with Gasteiger partial charge in [0.2, 0.25) is 5.91 Å². The molecule has 104 valence electrons. The van der Waals surface area contributed by atoms with Crippen LogP contribution in [0.3, 0.4) is 0 Å². The van der Waals surface area contributed by atoms with Gasteiger partial charge in [-0.25, -0.2) is 4.68 Å². The first kappa shape index (κ1) is 12.8. The average Bonchev–Trinajstić information content (AvgIpc) is 2.71. The van der Waals surface area contributed by atoms with Crippen molar-refractivity contribution < 1.29 is 4.79 Å². The first-order valence-corrected chi connectivity index (χ1v) is 6.91. The molecular weight excluding hydrogens is 252 g/mol. The molecule has 5 heteroatoms. The first-order valence-electron chi connectivity index (χ1n) is 6.91. The minimum atomic E-state index is -0.0185. The van der Waals surface area contributed by atoms with E-state index in [1.807, 2.05) is 48.9 Å². The molecule has 0 bridgehead atoms. The second kappa shape index (κ2) is 5.07. The van der Waals surface area contributed by atoms with Crippen LogP contribution in [0.5, 0.6) is 0 Å². The topological polar surface area (TPSA) is 59.8 Å². The summed E-state index contributed by atoms with van der Waals surface area (Å²) in [6.45, 7) is 3.94. The molecule has 2 aromatic rings. The number of rotatable bonds is 3. The third-order valence-electron chi connectivity index (χ3n) is 4.09. The number of anilines is 1. The fraction of sp³-hybridized carbons (Fsp3) is 0.400. The molecule has 2 atom stereocenters. The van der Waals surface area contributed by atoms with Gasteiger partial charge in [0.25, 0.3) is 0 Å². The number of carbonyl (C=O) groups excluding carboxylic acids is 1. The first-order chi connectivity index (χ1) is 9.66. The Morgan fingerprint density at radius 2 is 2.00 bits per heavy atom. The van der Waals surface area contributed by atoms with Gasteiger partial charge in [0.05, 0.1) is 23.3 Å². The molecule has 1 N–H and O–H groups in total. The third-order valence-corrected chi connectivity index (χ3v) is 4.09. The molecule has 5 nitrogen and oxygen atoms in total. The molecule has 1 aromatic heterocycles. The summed E-state index contributed by atoms with van der Waals surface area (Å²) in [4.78, 5) is 12.3. The number of para-hydroxylation sites is 1. The molecule has 3 rings (SSSR count). The van der Waals surface area contributed by atoms with E-state index in [-0.39, 0.29) is 17.9 Å². The molecule has 0 saturated heterocycles. The number of benzene rings is 1. The Labute approximate surface area is 118 Å². The summed E-state index contributed by atoms with van der Waals surface area (Å²) in [6, 6.07) is 9.70. The zero-order valence-electron chi connectivity index (χ0n) is 11.7. The monoisotopic (exact) mass is 270 g/mol. The summed E-state index contributed by atoms with van der Waals surface area (Å²) in [6.07, 6.45) is 1.89. The maximum atomic E-state index is 12.3. The highest BCUT2D eigenvalue weighted by molar-refractivity contribution is 5.93. The van der Waals surface area contributed by atoms with E-state index in [1.54, 1.807) is 0 Å².